The van der Waals surface area contributed by atoms with Gasteiger partial charge in [0.25, 0.3) is 0 Å². The average molecular weight is 231 g/mol. The summed E-state index contributed by atoms with van der Waals surface area (Å²) in [7, 11) is 0. The fourth-order valence-corrected chi connectivity index (χ4v) is 2.88. The first-order valence-electron chi connectivity index (χ1n) is 5.52. The zero-order valence-corrected chi connectivity index (χ0v) is 10.6. The van der Waals surface area contributed by atoms with Crippen LogP contribution in [0.25, 0.3) is 0 Å². The van der Waals surface area contributed by atoms with Gasteiger partial charge in [-0.2, -0.15) is 0 Å². The SMILES string of the molecule is Cc1cccc(CC(N)c2sccc2C)c1. The highest BCUT2D eigenvalue weighted by atomic mass is 32.1. The second kappa shape index (κ2) is 4.81. The Morgan fingerprint density at radius 1 is 1.25 bits per heavy atom. The number of hydrogen-bond acceptors (Lipinski definition) is 2. The molecule has 1 aromatic heterocycles. The van der Waals surface area contributed by atoms with Gasteiger partial charge in [-0.05, 0) is 42.8 Å². The molecular formula is C14H17NS. The topological polar surface area (TPSA) is 26.0 Å². The van der Waals surface area contributed by atoms with E-state index in [1.54, 1.807) is 11.3 Å². The lowest BCUT2D eigenvalue weighted by molar-refractivity contribution is 0.731. The van der Waals surface area contributed by atoms with Crippen molar-refractivity contribution in [2.24, 2.45) is 5.73 Å². The van der Waals surface area contributed by atoms with Gasteiger partial charge in [-0.3, -0.25) is 0 Å². The van der Waals surface area contributed by atoms with Gasteiger partial charge in [-0.25, -0.2) is 0 Å². The largest absolute Gasteiger partial charge is 0.323 e. The molecule has 2 rings (SSSR count). The van der Waals surface area contributed by atoms with Crippen molar-refractivity contribution in [2.45, 2.75) is 26.3 Å². The Morgan fingerprint density at radius 3 is 2.69 bits per heavy atom. The fraction of sp³-hybridized carbons (Fsp3) is 0.286. The van der Waals surface area contributed by atoms with E-state index in [0.29, 0.717) is 0 Å². The molecule has 0 saturated carbocycles. The van der Waals surface area contributed by atoms with Crippen LogP contribution in [0.1, 0.15) is 27.6 Å². The molecule has 0 amide bonds. The van der Waals surface area contributed by atoms with Crippen LogP contribution in [0.3, 0.4) is 0 Å². The van der Waals surface area contributed by atoms with Gasteiger partial charge in [0.1, 0.15) is 0 Å². The van der Waals surface area contributed by atoms with Gasteiger partial charge < -0.3 is 5.73 Å². The van der Waals surface area contributed by atoms with E-state index in [9.17, 15) is 0 Å². The summed E-state index contributed by atoms with van der Waals surface area (Å²) < 4.78 is 0. The van der Waals surface area contributed by atoms with Crippen LogP contribution in [0.5, 0.6) is 0 Å². The van der Waals surface area contributed by atoms with Crippen molar-refractivity contribution in [2.75, 3.05) is 0 Å². The molecule has 0 aliphatic rings. The molecule has 1 atom stereocenters. The van der Waals surface area contributed by atoms with E-state index < -0.39 is 0 Å². The highest BCUT2D eigenvalue weighted by molar-refractivity contribution is 7.10. The number of hydrogen-bond donors (Lipinski definition) is 1. The molecule has 1 aromatic carbocycles. The standard InChI is InChI=1S/C14H17NS/c1-10-4-3-5-12(8-10)9-13(15)14-11(2)6-7-16-14/h3-8,13H,9,15H2,1-2H3. The zero-order valence-electron chi connectivity index (χ0n) is 9.73. The Bertz CT molecular complexity index is 473. The molecule has 0 bridgehead atoms. The maximum absolute atomic E-state index is 6.23. The monoisotopic (exact) mass is 231 g/mol. The summed E-state index contributed by atoms with van der Waals surface area (Å²) in [6.45, 7) is 4.24. The second-order valence-corrected chi connectivity index (χ2v) is 5.22. The van der Waals surface area contributed by atoms with Gasteiger partial charge in [0, 0.05) is 10.9 Å². The summed E-state index contributed by atoms with van der Waals surface area (Å²) in [5.74, 6) is 0. The lowest BCUT2D eigenvalue weighted by Gasteiger charge is -2.11. The van der Waals surface area contributed by atoms with Gasteiger partial charge in [0.15, 0.2) is 0 Å². The molecule has 1 unspecified atom stereocenters. The van der Waals surface area contributed by atoms with Crippen molar-refractivity contribution < 1.29 is 0 Å². The van der Waals surface area contributed by atoms with Gasteiger partial charge in [-0.1, -0.05) is 29.8 Å². The van der Waals surface area contributed by atoms with Crippen LogP contribution in [0.2, 0.25) is 0 Å². The van der Waals surface area contributed by atoms with Crippen molar-refractivity contribution in [1.29, 1.82) is 0 Å². The van der Waals surface area contributed by atoms with Crippen molar-refractivity contribution in [3.05, 3.63) is 57.3 Å². The van der Waals surface area contributed by atoms with Crippen LogP contribution in [-0.4, -0.2) is 0 Å². The van der Waals surface area contributed by atoms with Crippen molar-refractivity contribution >= 4 is 11.3 Å². The van der Waals surface area contributed by atoms with Gasteiger partial charge in [0.05, 0.1) is 0 Å². The van der Waals surface area contributed by atoms with E-state index in [1.165, 1.54) is 21.6 Å². The van der Waals surface area contributed by atoms with Crippen LogP contribution in [0, 0.1) is 13.8 Å². The molecule has 16 heavy (non-hydrogen) atoms. The quantitative estimate of drug-likeness (QED) is 0.858. The number of rotatable bonds is 3. The Kier molecular flexibility index (Phi) is 3.42. The molecular weight excluding hydrogens is 214 g/mol. The molecule has 0 saturated heterocycles. The van der Waals surface area contributed by atoms with Crippen LogP contribution in [0.15, 0.2) is 35.7 Å². The zero-order chi connectivity index (χ0) is 11.5. The van der Waals surface area contributed by atoms with Crippen molar-refractivity contribution in [3.63, 3.8) is 0 Å². The molecule has 0 radical (unpaired) electrons. The normalized spacial score (nSPS) is 12.7. The molecule has 1 nitrogen and oxygen atoms in total. The summed E-state index contributed by atoms with van der Waals surface area (Å²) in [6.07, 6.45) is 0.920. The molecule has 84 valence electrons. The highest BCUT2D eigenvalue weighted by Gasteiger charge is 2.10. The molecule has 1 heterocycles. The first-order valence-corrected chi connectivity index (χ1v) is 6.40. The molecule has 2 heteroatoms. The van der Waals surface area contributed by atoms with Crippen molar-refractivity contribution in [1.82, 2.24) is 0 Å². The molecule has 2 aromatic rings. The summed E-state index contributed by atoms with van der Waals surface area (Å²) >= 11 is 1.76. The lowest BCUT2D eigenvalue weighted by atomic mass is 10.0. The predicted molar refractivity (Wildman–Crippen MR) is 70.9 cm³/mol. The lowest BCUT2D eigenvalue weighted by Crippen LogP contribution is -2.12. The summed E-state index contributed by atoms with van der Waals surface area (Å²) in [6, 6.07) is 10.8. The first kappa shape index (κ1) is 11.4. The van der Waals surface area contributed by atoms with Crippen LogP contribution in [0.4, 0.5) is 0 Å². The third-order valence-electron chi connectivity index (χ3n) is 2.78. The van der Waals surface area contributed by atoms with Crippen LogP contribution < -0.4 is 5.73 Å². The summed E-state index contributed by atoms with van der Waals surface area (Å²) in [5, 5.41) is 2.11. The molecule has 0 fully saturated rings. The van der Waals surface area contributed by atoms with E-state index in [-0.39, 0.29) is 6.04 Å². The third kappa shape index (κ3) is 2.52. The number of benzene rings is 1. The van der Waals surface area contributed by atoms with Crippen LogP contribution >= 0.6 is 11.3 Å². The van der Waals surface area contributed by atoms with E-state index in [2.05, 4.69) is 49.6 Å². The Hall–Kier alpha value is -1.12. The number of nitrogens with two attached hydrogens (primary N) is 1. The highest BCUT2D eigenvalue weighted by Crippen LogP contribution is 2.25. The first-order chi connectivity index (χ1) is 7.66. The average Bonchev–Trinajstić information content (AvgIpc) is 2.64. The Morgan fingerprint density at radius 2 is 2.06 bits per heavy atom. The van der Waals surface area contributed by atoms with Crippen molar-refractivity contribution in [3.8, 4) is 0 Å². The van der Waals surface area contributed by atoms with Gasteiger partial charge in [0.2, 0.25) is 0 Å². The third-order valence-corrected chi connectivity index (χ3v) is 3.93. The van der Waals surface area contributed by atoms with Gasteiger partial charge >= 0.3 is 0 Å². The molecule has 0 aliphatic carbocycles. The number of aryl methyl sites for hydroxylation is 2. The minimum Gasteiger partial charge on any atom is -0.323 e. The summed E-state index contributed by atoms with van der Waals surface area (Å²) in [4.78, 5) is 1.31. The Balaban J connectivity index is 2.14. The van der Waals surface area contributed by atoms with Gasteiger partial charge in [-0.15, -0.1) is 11.3 Å². The molecule has 0 spiro atoms. The molecule has 0 aliphatic heterocycles. The summed E-state index contributed by atoms with van der Waals surface area (Å²) in [5.41, 5.74) is 10.2. The minimum atomic E-state index is 0.127. The maximum atomic E-state index is 6.23. The number of thiophene rings is 1. The van der Waals surface area contributed by atoms with Crippen LogP contribution in [-0.2, 0) is 6.42 Å². The van der Waals surface area contributed by atoms with E-state index >= 15 is 0 Å². The maximum Gasteiger partial charge on any atom is 0.0433 e. The van der Waals surface area contributed by atoms with E-state index in [4.69, 9.17) is 5.73 Å². The fourth-order valence-electron chi connectivity index (χ4n) is 1.95. The smallest absolute Gasteiger partial charge is 0.0433 e. The Labute approximate surface area is 101 Å². The minimum absolute atomic E-state index is 0.127. The van der Waals surface area contributed by atoms with E-state index in [0.717, 1.165) is 6.42 Å². The predicted octanol–water partition coefficient (Wildman–Crippen LogP) is 3.61. The van der Waals surface area contributed by atoms with E-state index in [1.807, 2.05) is 0 Å². The second-order valence-electron chi connectivity index (χ2n) is 4.27. The molecule has 2 N–H and O–H groups in total.